The van der Waals surface area contributed by atoms with Crippen LogP contribution in [0.5, 0.6) is 5.75 Å². The van der Waals surface area contributed by atoms with Crippen LogP contribution in [-0.4, -0.2) is 48.6 Å². The summed E-state index contributed by atoms with van der Waals surface area (Å²) in [5, 5.41) is 3.06. The number of nitrogens with zero attached hydrogens (tertiary/aromatic N) is 2. The van der Waals surface area contributed by atoms with Crippen molar-refractivity contribution in [3.63, 3.8) is 0 Å². The number of fused-ring (bicyclic) bond motifs is 2. The van der Waals surface area contributed by atoms with Gasteiger partial charge in [0, 0.05) is 38.2 Å². The summed E-state index contributed by atoms with van der Waals surface area (Å²) in [7, 11) is 0. The molecule has 29 heavy (non-hydrogen) atoms. The second-order valence-corrected chi connectivity index (χ2v) is 8.10. The quantitative estimate of drug-likeness (QED) is 0.855. The number of aryl methyl sites for hydroxylation is 1. The van der Waals surface area contributed by atoms with E-state index in [1.807, 2.05) is 41.3 Å². The molecule has 0 bridgehead atoms. The van der Waals surface area contributed by atoms with E-state index in [2.05, 4.69) is 16.3 Å². The van der Waals surface area contributed by atoms with Crippen LogP contribution in [0.3, 0.4) is 0 Å². The molecule has 0 radical (unpaired) electrons. The molecule has 0 aliphatic carbocycles. The molecular weight excluding hydrogens is 366 g/mol. The molecule has 0 atom stereocenters. The summed E-state index contributed by atoms with van der Waals surface area (Å²) in [5.74, 6) is 0.707. The summed E-state index contributed by atoms with van der Waals surface area (Å²) in [6.07, 6.45) is 3.36. The van der Waals surface area contributed by atoms with Gasteiger partial charge in [0.15, 0.2) is 5.72 Å². The van der Waals surface area contributed by atoms with Crippen molar-refractivity contribution in [3.8, 4) is 5.75 Å². The maximum Gasteiger partial charge on any atom is 0.258 e. The first-order valence-corrected chi connectivity index (χ1v) is 10.3. The highest BCUT2D eigenvalue weighted by atomic mass is 16.5. The van der Waals surface area contributed by atoms with E-state index in [0.29, 0.717) is 43.8 Å². The number of carbonyl (C=O) groups excluding carboxylic acids is 2. The van der Waals surface area contributed by atoms with Gasteiger partial charge in [-0.3, -0.25) is 14.5 Å². The lowest BCUT2D eigenvalue weighted by molar-refractivity contribution is -0.121. The summed E-state index contributed by atoms with van der Waals surface area (Å²) in [5.41, 5.74) is 2.22. The summed E-state index contributed by atoms with van der Waals surface area (Å²) >= 11 is 0. The molecular formula is C23H25N3O3. The Morgan fingerprint density at radius 3 is 2.66 bits per heavy atom. The summed E-state index contributed by atoms with van der Waals surface area (Å²) in [4.78, 5) is 29.6. The molecule has 1 spiro atoms. The van der Waals surface area contributed by atoms with Gasteiger partial charge in [-0.25, -0.2) is 0 Å². The van der Waals surface area contributed by atoms with Gasteiger partial charge in [-0.15, -0.1) is 0 Å². The molecule has 0 saturated carbocycles. The van der Waals surface area contributed by atoms with E-state index in [4.69, 9.17) is 4.74 Å². The number of likely N-dealkylation sites (tertiary alicyclic amines) is 1. The van der Waals surface area contributed by atoms with E-state index in [1.54, 1.807) is 6.07 Å². The van der Waals surface area contributed by atoms with Gasteiger partial charge in [0.1, 0.15) is 5.75 Å². The molecule has 6 heteroatoms. The number of hydrogen-bond donors (Lipinski definition) is 1. The highest BCUT2D eigenvalue weighted by Crippen LogP contribution is 2.33. The third-order valence-corrected chi connectivity index (χ3v) is 6.21. The first-order chi connectivity index (χ1) is 14.1. The average Bonchev–Trinajstić information content (AvgIpc) is 2.75. The van der Waals surface area contributed by atoms with Crippen LogP contribution >= 0.6 is 0 Å². The molecule has 1 saturated heterocycles. The molecule has 1 N–H and O–H groups in total. The standard InChI is InChI=1S/C23H25N3O3/c27-21(26-13-5-7-17-6-1-3-9-19(17)26)16-25-14-11-23(12-15-25)24-22(28)18-8-2-4-10-20(18)29-23/h1-4,6,8-10H,5,7,11-16H2,(H,24,28). The molecule has 0 unspecified atom stereocenters. The fraction of sp³-hybridized carbons (Fsp3) is 0.391. The number of amides is 2. The Hall–Kier alpha value is -2.86. The van der Waals surface area contributed by atoms with E-state index in [0.717, 1.165) is 25.1 Å². The topological polar surface area (TPSA) is 61.9 Å². The van der Waals surface area contributed by atoms with Gasteiger partial charge in [0.05, 0.1) is 12.1 Å². The van der Waals surface area contributed by atoms with Gasteiger partial charge in [0.2, 0.25) is 5.91 Å². The molecule has 1 fully saturated rings. The Balaban J connectivity index is 1.23. The van der Waals surface area contributed by atoms with E-state index in [-0.39, 0.29) is 11.8 Å². The SMILES string of the molecule is O=C1NC2(CCN(CC(=O)N3CCCc4ccccc43)CC2)Oc2ccccc21. The lowest BCUT2D eigenvalue weighted by atomic mass is 9.96. The Bertz CT molecular complexity index is 950. The second kappa shape index (κ2) is 7.19. The molecule has 3 heterocycles. The van der Waals surface area contributed by atoms with Crippen molar-refractivity contribution in [2.75, 3.05) is 31.1 Å². The maximum absolute atomic E-state index is 13.0. The monoisotopic (exact) mass is 391 g/mol. The van der Waals surface area contributed by atoms with Crippen molar-refractivity contribution < 1.29 is 14.3 Å². The minimum atomic E-state index is -0.664. The lowest BCUT2D eigenvalue weighted by Crippen LogP contribution is -2.61. The van der Waals surface area contributed by atoms with Crippen LogP contribution in [0.25, 0.3) is 0 Å². The molecule has 3 aliphatic heterocycles. The third kappa shape index (κ3) is 3.38. The summed E-state index contributed by atoms with van der Waals surface area (Å²) < 4.78 is 6.19. The molecule has 2 amide bonds. The second-order valence-electron chi connectivity index (χ2n) is 8.10. The van der Waals surface area contributed by atoms with Gasteiger partial charge in [-0.1, -0.05) is 30.3 Å². The van der Waals surface area contributed by atoms with Crippen molar-refractivity contribution in [1.82, 2.24) is 10.2 Å². The van der Waals surface area contributed by atoms with Crippen molar-refractivity contribution in [2.45, 2.75) is 31.4 Å². The minimum Gasteiger partial charge on any atom is -0.467 e. The number of piperidine rings is 1. The van der Waals surface area contributed by atoms with E-state index in [1.165, 1.54) is 5.56 Å². The van der Waals surface area contributed by atoms with Crippen molar-refractivity contribution in [3.05, 3.63) is 59.7 Å². The Morgan fingerprint density at radius 2 is 1.79 bits per heavy atom. The van der Waals surface area contributed by atoms with Crippen LogP contribution < -0.4 is 15.0 Å². The first kappa shape index (κ1) is 18.2. The summed E-state index contributed by atoms with van der Waals surface area (Å²) in [6, 6.07) is 15.5. The largest absolute Gasteiger partial charge is 0.467 e. The van der Waals surface area contributed by atoms with Gasteiger partial charge in [0.25, 0.3) is 5.91 Å². The maximum atomic E-state index is 13.0. The van der Waals surface area contributed by atoms with Crippen LogP contribution in [-0.2, 0) is 11.2 Å². The highest BCUT2D eigenvalue weighted by Gasteiger charge is 2.42. The van der Waals surface area contributed by atoms with Crippen LogP contribution in [0, 0.1) is 0 Å². The average molecular weight is 391 g/mol. The van der Waals surface area contributed by atoms with Crippen molar-refractivity contribution in [2.24, 2.45) is 0 Å². The Kier molecular flexibility index (Phi) is 4.51. The number of hydrogen-bond acceptors (Lipinski definition) is 4. The lowest BCUT2D eigenvalue weighted by Gasteiger charge is -2.44. The van der Waals surface area contributed by atoms with Crippen LogP contribution in [0.2, 0.25) is 0 Å². The van der Waals surface area contributed by atoms with Gasteiger partial charge in [-0.2, -0.15) is 0 Å². The van der Waals surface area contributed by atoms with Crippen LogP contribution in [0.1, 0.15) is 35.2 Å². The van der Waals surface area contributed by atoms with Crippen LogP contribution in [0.15, 0.2) is 48.5 Å². The zero-order valence-corrected chi connectivity index (χ0v) is 16.4. The van der Waals surface area contributed by atoms with Gasteiger partial charge < -0.3 is 15.0 Å². The normalized spacial score (nSPS) is 20.4. The minimum absolute atomic E-state index is 0.0821. The molecule has 0 aromatic heterocycles. The number of benzene rings is 2. The Morgan fingerprint density at radius 1 is 1.03 bits per heavy atom. The molecule has 3 aliphatic rings. The number of anilines is 1. The number of nitrogens with one attached hydrogen (secondary N) is 1. The van der Waals surface area contributed by atoms with Crippen molar-refractivity contribution >= 4 is 17.5 Å². The Labute approximate surface area is 170 Å². The molecule has 2 aromatic rings. The fourth-order valence-corrected chi connectivity index (χ4v) is 4.62. The number of rotatable bonds is 2. The number of ether oxygens (including phenoxy) is 1. The molecule has 5 rings (SSSR count). The molecule has 6 nitrogen and oxygen atoms in total. The third-order valence-electron chi connectivity index (χ3n) is 6.21. The van der Waals surface area contributed by atoms with E-state index < -0.39 is 5.72 Å². The number of carbonyl (C=O) groups is 2. The van der Waals surface area contributed by atoms with Crippen molar-refractivity contribution in [1.29, 1.82) is 0 Å². The van der Waals surface area contributed by atoms with Gasteiger partial charge >= 0.3 is 0 Å². The highest BCUT2D eigenvalue weighted by molar-refractivity contribution is 5.98. The van der Waals surface area contributed by atoms with E-state index in [9.17, 15) is 9.59 Å². The molecule has 150 valence electrons. The molecule has 2 aromatic carbocycles. The number of para-hydroxylation sites is 2. The van der Waals surface area contributed by atoms with E-state index >= 15 is 0 Å². The summed E-state index contributed by atoms with van der Waals surface area (Å²) in [6.45, 7) is 2.60. The predicted octanol–water partition coefficient (Wildman–Crippen LogP) is 2.58. The smallest absolute Gasteiger partial charge is 0.258 e. The fourth-order valence-electron chi connectivity index (χ4n) is 4.62. The van der Waals surface area contributed by atoms with Crippen LogP contribution in [0.4, 0.5) is 5.69 Å². The zero-order chi connectivity index (χ0) is 19.8. The van der Waals surface area contributed by atoms with Gasteiger partial charge in [-0.05, 0) is 36.6 Å². The predicted molar refractivity (Wildman–Crippen MR) is 110 cm³/mol. The first-order valence-electron chi connectivity index (χ1n) is 10.3. The zero-order valence-electron chi connectivity index (χ0n) is 16.4.